The second kappa shape index (κ2) is 7.57. The predicted molar refractivity (Wildman–Crippen MR) is 118 cm³/mol. The number of aromatic nitrogens is 2. The summed E-state index contributed by atoms with van der Waals surface area (Å²) in [6, 6.07) is 2.55. The highest BCUT2D eigenvalue weighted by Gasteiger charge is 2.56. The molecule has 2 aromatic heterocycles. The van der Waals surface area contributed by atoms with E-state index in [9.17, 15) is 13.2 Å². The SMILES string of the molecule is CCC1=C(C)C2=C(c3ccc(OC(F)(F)F)cn3)c3c(C)c(CC)c(C)n3[B-](F)(F)[N+]2=C1C. The number of halogens is 5. The number of ether oxygens (including phenoxy) is 1. The Morgan fingerprint density at radius 2 is 1.73 bits per heavy atom. The van der Waals surface area contributed by atoms with Crippen LogP contribution in [0.25, 0.3) is 5.57 Å². The fraction of sp³-hybridized carbons (Fsp3) is 0.391. The van der Waals surface area contributed by atoms with Crippen molar-refractivity contribution in [2.75, 3.05) is 0 Å². The van der Waals surface area contributed by atoms with E-state index in [0.29, 0.717) is 46.9 Å². The van der Waals surface area contributed by atoms with E-state index in [-0.39, 0.29) is 0 Å². The molecule has 0 N–H and O–H groups in total. The molecule has 0 amide bonds. The molecule has 176 valence electrons. The number of hydrogen-bond acceptors (Lipinski definition) is 2. The van der Waals surface area contributed by atoms with Gasteiger partial charge in [0.2, 0.25) is 0 Å². The molecule has 0 atom stereocenters. The lowest BCUT2D eigenvalue weighted by molar-refractivity contribution is -0.363. The molecule has 0 saturated carbocycles. The van der Waals surface area contributed by atoms with Crippen LogP contribution in [0, 0.1) is 13.8 Å². The molecule has 10 heteroatoms. The van der Waals surface area contributed by atoms with Crippen LogP contribution < -0.4 is 4.74 Å². The van der Waals surface area contributed by atoms with Gasteiger partial charge in [0.15, 0.2) is 5.70 Å². The van der Waals surface area contributed by atoms with Gasteiger partial charge in [0.05, 0.1) is 17.5 Å². The molecule has 0 unspecified atom stereocenters. The average Bonchev–Trinajstić information content (AvgIpc) is 3.13. The van der Waals surface area contributed by atoms with Gasteiger partial charge in [-0.15, -0.1) is 13.2 Å². The summed E-state index contributed by atoms with van der Waals surface area (Å²) in [6.45, 7) is 6.66. The fourth-order valence-electron chi connectivity index (χ4n) is 5.44. The molecule has 0 spiro atoms. The molecule has 0 bridgehead atoms. The van der Waals surface area contributed by atoms with Crippen molar-refractivity contribution in [1.29, 1.82) is 0 Å². The second-order valence-electron chi connectivity index (χ2n) is 8.41. The number of nitrogens with zero attached hydrogens (tertiary/aromatic N) is 3. The van der Waals surface area contributed by atoms with E-state index in [1.54, 1.807) is 13.8 Å². The van der Waals surface area contributed by atoms with Gasteiger partial charge in [0.1, 0.15) is 11.5 Å². The smallest absolute Gasteiger partial charge is 0.404 e. The lowest BCUT2D eigenvalue weighted by atomic mass is 9.85. The predicted octanol–water partition coefficient (Wildman–Crippen LogP) is 6.17. The van der Waals surface area contributed by atoms with Gasteiger partial charge in [-0.2, -0.15) is 0 Å². The second-order valence-corrected chi connectivity index (χ2v) is 8.41. The average molecular weight is 465 g/mol. The summed E-state index contributed by atoms with van der Waals surface area (Å²) < 4.78 is 76.2. The van der Waals surface area contributed by atoms with Crippen molar-refractivity contribution >= 4 is 18.3 Å². The van der Waals surface area contributed by atoms with Crippen LogP contribution in [0.5, 0.6) is 5.75 Å². The van der Waals surface area contributed by atoms with Crippen LogP contribution in [0.1, 0.15) is 62.3 Å². The maximum atomic E-state index is 16.1. The molecule has 4 rings (SSSR count). The fourth-order valence-corrected chi connectivity index (χ4v) is 5.44. The Kier molecular flexibility index (Phi) is 5.33. The van der Waals surface area contributed by atoms with Crippen molar-refractivity contribution in [3.8, 4) is 5.75 Å². The van der Waals surface area contributed by atoms with E-state index >= 15 is 8.63 Å². The first kappa shape index (κ1) is 23.3. The van der Waals surface area contributed by atoms with Crippen molar-refractivity contribution in [2.45, 2.75) is 60.7 Å². The Hall–Kier alpha value is -2.91. The van der Waals surface area contributed by atoms with Crippen molar-refractivity contribution in [2.24, 2.45) is 0 Å². The van der Waals surface area contributed by atoms with Gasteiger partial charge in [-0.3, -0.25) is 4.98 Å². The molecule has 2 aliphatic rings. The number of alkyl halides is 3. The van der Waals surface area contributed by atoms with E-state index in [1.807, 2.05) is 27.7 Å². The Morgan fingerprint density at radius 1 is 1.06 bits per heavy atom. The summed E-state index contributed by atoms with van der Waals surface area (Å²) in [5.74, 6) is -0.465. The van der Waals surface area contributed by atoms with Crippen LogP contribution in [0.2, 0.25) is 0 Å². The van der Waals surface area contributed by atoms with Crippen LogP contribution in [-0.2, 0) is 6.42 Å². The van der Waals surface area contributed by atoms with Gasteiger partial charge in [-0.1, -0.05) is 13.8 Å². The van der Waals surface area contributed by atoms with Crippen molar-refractivity contribution < 1.29 is 31.0 Å². The van der Waals surface area contributed by atoms with Crippen LogP contribution in [0.4, 0.5) is 21.8 Å². The highest BCUT2D eigenvalue weighted by Crippen LogP contribution is 2.46. The lowest BCUT2D eigenvalue weighted by Crippen LogP contribution is -2.51. The van der Waals surface area contributed by atoms with E-state index in [0.717, 1.165) is 43.5 Å². The number of hydrogen-bond donors (Lipinski definition) is 0. The molecule has 4 heterocycles. The maximum Gasteiger partial charge on any atom is 0.737 e. The maximum absolute atomic E-state index is 16.1. The Labute approximate surface area is 189 Å². The molecule has 0 fully saturated rings. The molecule has 0 radical (unpaired) electrons. The Bertz CT molecular complexity index is 1250. The minimum absolute atomic E-state index is 0.310. The van der Waals surface area contributed by atoms with Crippen LogP contribution in [0.15, 0.2) is 35.2 Å². The third-order valence-electron chi connectivity index (χ3n) is 6.72. The summed E-state index contributed by atoms with van der Waals surface area (Å²) >= 11 is 0. The van der Waals surface area contributed by atoms with Crippen molar-refractivity contribution in [3.05, 3.63) is 63.4 Å². The van der Waals surface area contributed by atoms with Crippen LogP contribution in [-0.4, -0.2) is 33.0 Å². The van der Waals surface area contributed by atoms with E-state index < -0.39 is 19.1 Å². The standard InChI is InChI=1S/C23H25BF5N3O/c1-7-17-12(3)21-20(19-10-9-16(11-30-19)33-23(25,26)27)22-13(4)18(8-2)15(6)32(22)24(28,29)31(21)14(17)5/h9-11H,7-8H2,1-6H3. The molecule has 0 saturated heterocycles. The highest BCUT2D eigenvalue weighted by atomic mass is 19.4. The number of pyridine rings is 1. The van der Waals surface area contributed by atoms with Crippen LogP contribution >= 0.6 is 0 Å². The zero-order valence-electron chi connectivity index (χ0n) is 19.4. The Morgan fingerprint density at radius 3 is 2.24 bits per heavy atom. The number of fused-ring (bicyclic) bond motifs is 2. The van der Waals surface area contributed by atoms with E-state index in [1.165, 1.54) is 6.07 Å². The summed E-state index contributed by atoms with van der Waals surface area (Å²) in [7, 11) is 0. The Balaban J connectivity index is 2.07. The minimum atomic E-state index is -4.84. The van der Waals surface area contributed by atoms with Gasteiger partial charge < -0.3 is 22.3 Å². The highest BCUT2D eigenvalue weighted by molar-refractivity contribution is 6.58. The molecule has 0 aliphatic carbocycles. The summed E-state index contributed by atoms with van der Waals surface area (Å²) in [6.07, 6.45) is -2.71. The van der Waals surface area contributed by atoms with Gasteiger partial charge in [0.25, 0.3) is 0 Å². The monoisotopic (exact) mass is 465 g/mol. The zero-order chi connectivity index (χ0) is 24.5. The molecule has 2 aromatic rings. The number of rotatable bonds is 4. The van der Waals surface area contributed by atoms with E-state index in [2.05, 4.69) is 9.72 Å². The largest absolute Gasteiger partial charge is 0.737 e. The first-order valence-corrected chi connectivity index (χ1v) is 10.9. The third-order valence-corrected chi connectivity index (χ3v) is 6.72. The normalized spacial score (nSPS) is 17.7. The van der Waals surface area contributed by atoms with Gasteiger partial charge in [-0.25, -0.2) is 0 Å². The molecular formula is C23H25BF5N3O. The molecular weight excluding hydrogens is 440 g/mol. The number of allylic oxidation sites excluding steroid dienone is 2. The summed E-state index contributed by atoms with van der Waals surface area (Å²) in [5, 5.41) is 0. The third kappa shape index (κ3) is 3.33. The van der Waals surface area contributed by atoms with E-state index in [4.69, 9.17) is 0 Å². The van der Waals surface area contributed by atoms with Crippen molar-refractivity contribution in [1.82, 2.24) is 9.46 Å². The quantitative estimate of drug-likeness (QED) is 0.400. The van der Waals surface area contributed by atoms with Gasteiger partial charge in [0, 0.05) is 23.8 Å². The summed E-state index contributed by atoms with van der Waals surface area (Å²) in [4.78, 5) is 4.22. The summed E-state index contributed by atoms with van der Waals surface area (Å²) in [5.41, 5.74) is 5.61. The molecule has 2 aliphatic heterocycles. The first-order chi connectivity index (χ1) is 15.3. The molecule has 4 nitrogen and oxygen atoms in total. The molecule has 0 aromatic carbocycles. The zero-order valence-corrected chi connectivity index (χ0v) is 19.4. The van der Waals surface area contributed by atoms with Gasteiger partial charge in [-0.05, 0) is 62.6 Å². The topological polar surface area (TPSA) is 30.1 Å². The van der Waals surface area contributed by atoms with Crippen molar-refractivity contribution in [3.63, 3.8) is 0 Å². The molecule has 33 heavy (non-hydrogen) atoms. The minimum Gasteiger partial charge on any atom is -0.404 e. The first-order valence-electron chi connectivity index (χ1n) is 10.9. The lowest BCUT2D eigenvalue weighted by Gasteiger charge is -2.33. The van der Waals surface area contributed by atoms with Crippen LogP contribution in [0.3, 0.4) is 0 Å². The van der Waals surface area contributed by atoms with Gasteiger partial charge >= 0.3 is 13.3 Å².